The first-order valence-corrected chi connectivity index (χ1v) is 6.24. The number of allylic oxidation sites excluding steroid dienone is 1. The number of pyridine rings is 1. The van der Waals surface area contributed by atoms with Crippen LogP contribution < -0.4 is 5.32 Å². The molecule has 2 rings (SSSR count). The van der Waals surface area contributed by atoms with Gasteiger partial charge in [0.2, 0.25) is 0 Å². The lowest BCUT2D eigenvalue weighted by Gasteiger charge is -2.10. The van der Waals surface area contributed by atoms with Gasteiger partial charge in [0.25, 0.3) is 5.91 Å². The van der Waals surface area contributed by atoms with Gasteiger partial charge < -0.3 is 5.32 Å². The van der Waals surface area contributed by atoms with Gasteiger partial charge in [0.1, 0.15) is 11.6 Å². The number of benzene rings is 1. The molecule has 0 fully saturated rings. The van der Waals surface area contributed by atoms with Gasteiger partial charge in [-0.25, -0.2) is 9.37 Å². The van der Waals surface area contributed by atoms with Gasteiger partial charge in [-0.1, -0.05) is 18.2 Å². The summed E-state index contributed by atoms with van der Waals surface area (Å²) in [6.45, 7) is 5.61. The number of anilines is 1. The summed E-state index contributed by atoms with van der Waals surface area (Å²) in [5, 5.41) is 2.86. The maximum atomic E-state index is 13.6. The molecule has 0 saturated heterocycles. The third-order valence-corrected chi connectivity index (χ3v) is 2.91. The third kappa shape index (κ3) is 3.03. The number of hydrogen-bond donors (Lipinski definition) is 1. The first-order chi connectivity index (χ1) is 9.49. The molecule has 0 aliphatic rings. The van der Waals surface area contributed by atoms with E-state index in [1.54, 1.807) is 19.1 Å². The Labute approximate surface area is 121 Å². The van der Waals surface area contributed by atoms with E-state index in [9.17, 15) is 9.18 Å². The number of hydrogen-bond acceptors (Lipinski definition) is 2. The second-order valence-electron chi connectivity index (χ2n) is 4.26. The summed E-state index contributed by atoms with van der Waals surface area (Å²) in [6.07, 6.45) is 1.54. The van der Waals surface area contributed by atoms with Crippen LogP contribution in [0.25, 0.3) is 5.57 Å². The zero-order chi connectivity index (χ0) is 14.7. The number of nitrogens with zero attached hydrogens (tertiary/aromatic N) is 1. The molecule has 1 aromatic carbocycles. The third-order valence-electron chi connectivity index (χ3n) is 2.67. The Morgan fingerprint density at radius 3 is 2.80 bits per heavy atom. The summed E-state index contributed by atoms with van der Waals surface area (Å²) in [5.41, 5.74) is 1.32. The number of rotatable bonds is 3. The van der Waals surface area contributed by atoms with Crippen molar-refractivity contribution in [3.05, 3.63) is 65.1 Å². The van der Waals surface area contributed by atoms with E-state index in [4.69, 9.17) is 11.6 Å². The Morgan fingerprint density at radius 2 is 2.10 bits per heavy atom. The molecule has 0 radical (unpaired) electrons. The molecule has 1 N–H and O–H groups in total. The van der Waals surface area contributed by atoms with Gasteiger partial charge in [-0.05, 0) is 42.8 Å². The van der Waals surface area contributed by atoms with Gasteiger partial charge in [-0.15, -0.1) is 0 Å². The van der Waals surface area contributed by atoms with Crippen molar-refractivity contribution in [3.63, 3.8) is 0 Å². The number of amides is 1. The number of carbonyl (C=O) groups is 1. The molecule has 1 aromatic heterocycles. The molecule has 0 atom stereocenters. The summed E-state index contributed by atoms with van der Waals surface area (Å²) < 4.78 is 13.6. The predicted molar refractivity (Wildman–Crippen MR) is 78.3 cm³/mol. The van der Waals surface area contributed by atoms with Crippen LogP contribution in [0.3, 0.4) is 0 Å². The Kier molecular flexibility index (Phi) is 4.15. The van der Waals surface area contributed by atoms with Crippen molar-refractivity contribution in [2.45, 2.75) is 6.92 Å². The Morgan fingerprint density at radius 1 is 1.35 bits per heavy atom. The molecule has 0 aliphatic carbocycles. The fourth-order valence-corrected chi connectivity index (χ4v) is 1.87. The average Bonchev–Trinajstić information content (AvgIpc) is 2.41. The molecule has 0 aliphatic heterocycles. The normalized spacial score (nSPS) is 10.2. The van der Waals surface area contributed by atoms with E-state index in [0.717, 1.165) is 11.6 Å². The molecule has 5 heteroatoms. The number of aromatic nitrogens is 1. The van der Waals surface area contributed by atoms with Gasteiger partial charge in [0, 0.05) is 16.8 Å². The first-order valence-electron chi connectivity index (χ1n) is 5.86. The molecule has 0 bridgehead atoms. The average molecular weight is 291 g/mol. The van der Waals surface area contributed by atoms with Gasteiger partial charge >= 0.3 is 0 Å². The minimum atomic E-state index is -0.639. The molecule has 1 heterocycles. The molecule has 2 aromatic rings. The zero-order valence-corrected chi connectivity index (χ0v) is 11.5. The zero-order valence-electron chi connectivity index (χ0n) is 10.8. The van der Waals surface area contributed by atoms with E-state index in [0.29, 0.717) is 11.4 Å². The van der Waals surface area contributed by atoms with Crippen molar-refractivity contribution >= 4 is 28.9 Å². The lowest BCUT2D eigenvalue weighted by molar-refractivity contribution is 0.102. The van der Waals surface area contributed by atoms with Crippen molar-refractivity contribution in [1.82, 2.24) is 4.98 Å². The van der Waals surface area contributed by atoms with E-state index >= 15 is 0 Å². The van der Waals surface area contributed by atoms with E-state index in [1.807, 2.05) is 0 Å². The summed E-state index contributed by atoms with van der Waals surface area (Å²) in [7, 11) is 0. The SMILES string of the molecule is C=C(C)c1cccnc1NC(=O)c1cc(Cl)ccc1F. The molecule has 0 unspecified atom stereocenters. The smallest absolute Gasteiger partial charge is 0.259 e. The van der Waals surface area contributed by atoms with Gasteiger partial charge in [0.15, 0.2) is 0 Å². The predicted octanol–water partition coefficient (Wildman–Crippen LogP) is 4.16. The van der Waals surface area contributed by atoms with Crippen LogP contribution in [0.4, 0.5) is 10.2 Å². The van der Waals surface area contributed by atoms with Crippen molar-refractivity contribution < 1.29 is 9.18 Å². The van der Waals surface area contributed by atoms with E-state index < -0.39 is 11.7 Å². The number of nitrogens with one attached hydrogen (secondary N) is 1. The summed E-state index contributed by atoms with van der Waals surface area (Å²) in [5.74, 6) is -0.907. The van der Waals surface area contributed by atoms with E-state index in [2.05, 4.69) is 16.9 Å². The van der Waals surface area contributed by atoms with Crippen LogP contribution in [0.2, 0.25) is 5.02 Å². The molecule has 20 heavy (non-hydrogen) atoms. The molecule has 102 valence electrons. The highest BCUT2D eigenvalue weighted by Crippen LogP contribution is 2.21. The monoisotopic (exact) mass is 290 g/mol. The topological polar surface area (TPSA) is 42.0 Å². The van der Waals surface area contributed by atoms with Gasteiger partial charge in [-0.2, -0.15) is 0 Å². The Balaban J connectivity index is 2.33. The van der Waals surface area contributed by atoms with Gasteiger partial charge in [-0.3, -0.25) is 4.79 Å². The number of halogens is 2. The molecular weight excluding hydrogens is 279 g/mol. The van der Waals surface area contributed by atoms with Crippen LogP contribution in [-0.2, 0) is 0 Å². The van der Waals surface area contributed by atoms with Crippen molar-refractivity contribution in [1.29, 1.82) is 0 Å². The minimum Gasteiger partial charge on any atom is -0.306 e. The first kappa shape index (κ1) is 14.2. The lowest BCUT2D eigenvalue weighted by Crippen LogP contribution is -2.15. The maximum absolute atomic E-state index is 13.6. The fourth-order valence-electron chi connectivity index (χ4n) is 1.70. The summed E-state index contributed by atoms with van der Waals surface area (Å²) in [4.78, 5) is 16.2. The van der Waals surface area contributed by atoms with Crippen LogP contribution in [0, 0.1) is 5.82 Å². The van der Waals surface area contributed by atoms with Crippen LogP contribution in [-0.4, -0.2) is 10.9 Å². The van der Waals surface area contributed by atoms with Crippen LogP contribution >= 0.6 is 11.6 Å². The Hall–Kier alpha value is -2.20. The molecular formula is C15H12ClFN2O. The lowest BCUT2D eigenvalue weighted by atomic mass is 10.1. The molecule has 3 nitrogen and oxygen atoms in total. The van der Waals surface area contributed by atoms with E-state index in [-0.39, 0.29) is 10.6 Å². The van der Waals surface area contributed by atoms with Crippen LogP contribution in [0.15, 0.2) is 43.1 Å². The molecule has 0 saturated carbocycles. The fraction of sp³-hybridized carbons (Fsp3) is 0.0667. The van der Waals surface area contributed by atoms with E-state index in [1.165, 1.54) is 18.3 Å². The highest BCUT2D eigenvalue weighted by molar-refractivity contribution is 6.31. The summed E-state index contributed by atoms with van der Waals surface area (Å²) >= 11 is 5.77. The second-order valence-corrected chi connectivity index (χ2v) is 4.69. The van der Waals surface area contributed by atoms with Crippen LogP contribution in [0.1, 0.15) is 22.8 Å². The van der Waals surface area contributed by atoms with Crippen molar-refractivity contribution in [2.24, 2.45) is 0 Å². The standard InChI is InChI=1S/C15H12ClFN2O/c1-9(2)11-4-3-7-18-14(11)19-15(20)12-8-10(16)5-6-13(12)17/h3-8H,1H2,2H3,(H,18,19,20). The van der Waals surface area contributed by atoms with Crippen LogP contribution in [0.5, 0.6) is 0 Å². The van der Waals surface area contributed by atoms with Crippen molar-refractivity contribution in [3.8, 4) is 0 Å². The van der Waals surface area contributed by atoms with Gasteiger partial charge in [0.05, 0.1) is 5.56 Å². The minimum absolute atomic E-state index is 0.129. The highest BCUT2D eigenvalue weighted by atomic mass is 35.5. The quantitative estimate of drug-likeness (QED) is 0.922. The maximum Gasteiger partial charge on any atom is 0.259 e. The molecule has 1 amide bonds. The Bertz CT molecular complexity index is 685. The highest BCUT2D eigenvalue weighted by Gasteiger charge is 2.14. The number of carbonyl (C=O) groups excluding carboxylic acids is 1. The largest absolute Gasteiger partial charge is 0.306 e. The second kappa shape index (κ2) is 5.84. The molecule has 0 spiro atoms. The van der Waals surface area contributed by atoms with Crippen molar-refractivity contribution in [2.75, 3.05) is 5.32 Å². The summed E-state index contributed by atoms with van der Waals surface area (Å²) in [6, 6.07) is 7.32.